The Morgan fingerprint density at radius 2 is 1.89 bits per heavy atom. The average molecular weight is 295 g/mol. The summed E-state index contributed by atoms with van der Waals surface area (Å²) in [5.74, 6) is 1.48. The molecule has 108 valence electrons. The van der Waals surface area contributed by atoms with Gasteiger partial charge in [-0.1, -0.05) is 19.3 Å². The molecule has 0 spiro atoms. The number of hydrogen-bond donors (Lipinski definition) is 1. The maximum Gasteiger partial charge on any atom is 0.148 e. The van der Waals surface area contributed by atoms with Crippen molar-refractivity contribution in [1.29, 1.82) is 0 Å². The van der Waals surface area contributed by atoms with Gasteiger partial charge in [-0.3, -0.25) is 4.21 Å². The van der Waals surface area contributed by atoms with Gasteiger partial charge in [0.05, 0.1) is 5.75 Å². The molecule has 0 bridgehead atoms. The fourth-order valence-corrected chi connectivity index (χ4v) is 5.48. The van der Waals surface area contributed by atoms with Gasteiger partial charge in [0, 0.05) is 34.6 Å². The molecule has 4 nitrogen and oxygen atoms in total. The van der Waals surface area contributed by atoms with E-state index in [-0.39, 0.29) is 17.5 Å². The lowest BCUT2D eigenvalue weighted by Gasteiger charge is -2.29. The van der Waals surface area contributed by atoms with Crippen molar-refractivity contribution in [2.75, 3.05) is 30.6 Å². The molecule has 1 aliphatic rings. The van der Waals surface area contributed by atoms with Crippen molar-refractivity contribution < 1.29 is 12.6 Å². The molecule has 0 amide bonds. The Bertz CT molecular complexity index is 362. The Morgan fingerprint density at radius 3 is 2.39 bits per heavy atom. The molecule has 1 saturated carbocycles. The summed E-state index contributed by atoms with van der Waals surface area (Å²) in [6.07, 6.45) is 7.44. The zero-order valence-corrected chi connectivity index (χ0v) is 13.0. The molecule has 1 rings (SSSR count). The Labute approximate surface area is 113 Å². The van der Waals surface area contributed by atoms with Crippen molar-refractivity contribution in [3.63, 3.8) is 0 Å². The van der Waals surface area contributed by atoms with Crippen LogP contribution in [0, 0.1) is 5.92 Å². The molecule has 2 atom stereocenters. The highest BCUT2D eigenvalue weighted by Crippen LogP contribution is 2.26. The van der Waals surface area contributed by atoms with Crippen molar-refractivity contribution in [1.82, 2.24) is 5.32 Å². The second-order valence-electron chi connectivity index (χ2n) is 5.23. The van der Waals surface area contributed by atoms with Crippen LogP contribution in [-0.4, -0.2) is 49.2 Å². The molecule has 0 radical (unpaired) electrons. The van der Waals surface area contributed by atoms with Crippen molar-refractivity contribution in [2.24, 2.45) is 5.92 Å². The summed E-state index contributed by atoms with van der Waals surface area (Å²) in [7, 11) is -2.13. The van der Waals surface area contributed by atoms with Gasteiger partial charge in [0.1, 0.15) is 9.84 Å². The molecule has 1 aliphatic carbocycles. The number of hydrogen-bond acceptors (Lipinski definition) is 4. The van der Waals surface area contributed by atoms with Crippen LogP contribution in [0.15, 0.2) is 0 Å². The van der Waals surface area contributed by atoms with E-state index < -0.39 is 20.6 Å². The van der Waals surface area contributed by atoms with Gasteiger partial charge in [0.25, 0.3) is 0 Å². The topological polar surface area (TPSA) is 63.2 Å². The summed E-state index contributed by atoms with van der Waals surface area (Å²) < 4.78 is 34.0. The highest BCUT2D eigenvalue weighted by molar-refractivity contribution is 7.92. The Morgan fingerprint density at radius 1 is 1.28 bits per heavy atom. The third-order valence-electron chi connectivity index (χ3n) is 3.64. The second kappa shape index (κ2) is 7.60. The van der Waals surface area contributed by atoms with Gasteiger partial charge < -0.3 is 5.32 Å². The standard InChI is InChI=1S/C12H25NO3S2/c1-13-12(11-6-4-3-5-7-11)10-17(14)8-9-18(2,15)16/h11-13H,3-10H2,1-2H3. The highest BCUT2D eigenvalue weighted by Gasteiger charge is 2.24. The predicted octanol–water partition coefficient (Wildman–Crippen LogP) is 0.948. The zero-order chi connectivity index (χ0) is 13.6. The molecule has 1 N–H and O–H groups in total. The van der Waals surface area contributed by atoms with Crippen LogP contribution in [0.2, 0.25) is 0 Å². The summed E-state index contributed by atoms with van der Waals surface area (Å²) in [5.41, 5.74) is 0. The Hall–Kier alpha value is 0.0600. The van der Waals surface area contributed by atoms with E-state index in [4.69, 9.17) is 0 Å². The smallest absolute Gasteiger partial charge is 0.148 e. The molecule has 2 unspecified atom stereocenters. The van der Waals surface area contributed by atoms with Crippen LogP contribution >= 0.6 is 0 Å². The van der Waals surface area contributed by atoms with Crippen molar-refractivity contribution in [2.45, 2.75) is 38.1 Å². The summed E-state index contributed by atoms with van der Waals surface area (Å²) in [4.78, 5) is 0. The SMILES string of the molecule is CNC(CS(=O)CCS(C)(=O)=O)C1CCCCC1. The molecule has 18 heavy (non-hydrogen) atoms. The lowest BCUT2D eigenvalue weighted by atomic mass is 9.84. The first-order valence-electron chi connectivity index (χ1n) is 6.62. The van der Waals surface area contributed by atoms with E-state index >= 15 is 0 Å². The molecule has 1 fully saturated rings. The van der Waals surface area contributed by atoms with Crippen LogP contribution in [0.25, 0.3) is 0 Å². The van der Waals surface area contributed by atoms with E-state index in [0.29, 0.717) is 11.7 Å². The normalized spacial score (nSPS) is 21.7. The van der Waals surface area contributed by atoms with Crippen LogP contribution in [0.1, 0.15) is 32.1 Å². The second-order valence-corrected chi connectivity index (χ2v) is 9.11. The first kappa shape index (κ1) is 16.1. The molecule has 0 aliphatic heterocycles. The van der Waals surface area contributed by atoms with Gasteiger partial charge in [-0.25, -0.2) is 8.42 Å². The Kier molecular flexibility index (Phi) is 6.81. The van der Waals surface area contributed by atoms with Crippen LogP contribution in [0.3, 0.4) is 0 Å². The predicted molar refractivity (Wildman–Crippen MR) is 77.0 cm³/mol. The molecule has 0 heterocycles. The van der Waals surface area contributed by atoms with Gasteiger partial charge in [0.2, 0.25) is 0 Å². The number of rotatable bonds is 7. The Balaban J connectivity index is 2.39. The average Bonchev–Trinajstić information content (AvgIpc) is 2.33. The lowest BCUT2D eigenvalue weighted by Crippen LogP contribution is -2.40. The monoisotopic (exact) mass is 295 g/mol. The number of sulfone groups is 1. The van der Waals surface area contributed by atoms with Gasteiger partial charge >= 0.3 is 0 Å². The lowest BCUT2D eigenvalue weighted by molar-refractivity contribution is 0.294. The van der Waals surface area contributed by atoms with Crippen molar-refractivity contribution in [3.8, 4) is 0 Å². The van der Waals surface area contributed by atoms with Gasteiger partial charge in [0.15, 0.2) is 0 Å². The minimum absolute atomic E-state index is 0.0285. The quantitative estimate of drug-likeness (QED) is 0.759. The van der Waals surface area contributed by atoms with Crippen LogP contribution in [-0.2, 0) is 20.6 Å². The van der Waals surface area contributed by atoms with E-state index in [0.717, 1.165) is 0 Å². The fourth-order valence-electron chi connectivity index (χ4n) is 2.52. The highest BCUT2D eigenvalue weighted by atomic mass is 32.2. The van der Waals surface area contributed by atoms with Gasteiger partial charge in [-0.2, -0.15) is 0 Å². The van der Waals surface area contributed by atoms with Crippen LogP contribution in [0.4, 0.5) is 0 Å². The maximum atomic E-state index is 11.9. The van der Waals surface area contributed by atoms with Crippen LogP contribution < -0.4 is 5.32 Å². The zero-order valence-electron chi connectivity index (χ0n) is 11.4. The minimum atomic E-state index is -3.00. The largest absolute Gasteiger partial charge is 0.316 e. The minimum Gasteiger partial charge on any atom is -0.316 e. The van der Waals surface area contributed by atoms with Crippen molar-refractivity contribution in [3.05, 3.63) is 0 Å². The molecule has 0 aromatic rings. The third-order valence-corrected chi connectivity index (χ3v) is 6.23. The maximum absolute atomic E-state index is 11.9. The third kappa shape index (κ3) is 6.29. The van der Waals surface area contributed by atoms with Gasteiger partial charge in [-0.15, -0.1) is 0 Å². The molecular weight excluding hydrogens is 270 g/mol. The first-order valence-corrected chi connectivity index (χ1v) is 10.2. The van der Waals surface area contributed by atoms with E-state index in [1.165, 1.54) is 38.4 Å². The van der Waals surface area contributed by atoms with Crippen molar-refractivity contribution >= 4 is 20.6 Å². The molecular formula is C12H25NO3S2. The molecule has 0 saturated heterocycles. The van der Waals surface area contributed by atoms with E-state index in [1.807, 2.05) is 7.05 Å². The summed E-state index contributed by atoms with van der Waals surface area (Å²) in [6.45, 7) is 0. The van der Waals surface area contributed by atoms with Crippen LogP contribution in [0.5, 0.6) is 0 Å². The van der Waals surface area contributed by atoms with E-state index in [9.17, 15) is 12.6 Å². The molecule has 6 heteroatoms. The summed E-state index contributed by atoms with van der Waals surface area (Å²) in [5, 5.41) is 3.26. The number of nitrogens with one attached hydrogen (secondary N) is 1. The summed E-state index contributed by atoms with van der Waals surface area (Å²) >= 11 is 0. The van der Waals surface area contributed by atoms with E-state index in [1.54, 1.807) is 0 Å². The molecule has 0 aromatic heterocycles. The van der Waals surface area contributed by atoms with E-state index in [2.05, 4.69) is 5.32 Å². The summed E-state index contributed by atoms with van der Waals surface area (Å²) in [6, 6.07) is 0.269. The first-order chi connectivity index (χ1) is 8.42. The fraction of sp³-hybridized carbons (Fsp3) is 1.00. The van der Waals surface area contributed by atoms with Gasteiger partial charge in [-0.05, 0) is 25.8 Å². The molecule has 0 aromatic carbocycles.